The third-order valence-electron chi connectivity index (χ3n) is 2.30. The van der Waals surface area contributed by atoms with E-state index in [1.165, 1.54) is 0 Å². The Hall–Kier alpha value is -0.570. The maximum Gasteiger partial charge on any atom is 0.303 e. The topological polar surface area (TPSA) is 40.5 Å². The molecule has 1 rings (SSSR count). The van der Waals surface area contributed by atoms with Crippen LogP contribution in [0.15, 0.2) is 0 Å². The van der Waals surface area contributed by atoms with Gasteiger partial charge in [0.05, 0.1) is 0 Å². The van der Waals surface area contributed by atoms with Crippen LogP contribution in [0.25, 0.3) is 0 Å². The van der Waals surface area contributed by atoms with Gasteiger partial charge in [0.2, 0.25) is 0 Å². The summed E-state index contributed by atoms with van der Waals surface area (Å²) in [6.07, 6.45) is 2.44. The Balaban J connectivity index is 0.00000121. The summed E-state index contributed by atoms with van der Waals surface area (Å²) in [4.78, 5) is 12.6. The fraction of sp³-hybridized carbons (Fsp3) is 0.889. The predicted octanol–water partition coefficient (Wildman–Crippen LogP) is 1.44. The first-order chi connectivity index (χ1) is 5.18. The Labute approximate surface area is 74.4 Å². The quantitative estimate of drug-likeness (QED) is 0.687. The largest absolute Gasteiger partial charge is 0.481 e. The smallest absolute Gasteiger partial charge is 0.303 e. The second-order valence-electron chi connectivity index (χ2n) is 3.34. The first kappa shape index (κ1) is 11.4. The Kier molecular flexibility index (Phi) is 4.90. The summed E-state index contributed by atoms with van der Waals surface area (Å²) in [6, 6.07) is 0. The van der Waals surface area contributed by atoms with Gasteiger partial charge in [-0.05, 0) is 38.9 Å². The van der Waals surface area contributed by atoms with Gasteiger partial charge in [-0.25, -0.2) is 0 Å². The van der Waals surface area contributed by atoms with Crippen LogP contribution in [-0.4, -0.2) is 36.1 Å². The zero-order valence-corrected chi connectivity index (χ0v) is 6.92. The molecule has 3 nitrogen and oxygen atoms in total. The molecule has 0 amide bonds. The van der Waals surface area contributed by atoms with E-state index in [0.29, 0.717) is 12.3 Å². The fourth-order valence-electron chi connectivity index (χ4n) is 1.51. The average Bonchev–Trinajstić information content (AvgIpc) is 1.93. The van der Waals surface area contributed by atoms with Gasteiger partial charge < -0.3 is 10.0 Å². The molecule has 0 unspecified atom stereocenters. The average molecular weight is 173 g/mol. The minimum absolute atomic E-state index is 0. The molecule has 3 heteroatoms. The van der Waals surface area contributed by atoms with E-state index in [1.54, 1.807) is 0 Å². The van der Waals surface area contributed by atoms with Crippen LogP contribution >= 0.6 is 0 Å². The van der Waals surface area contributed by atoms with Crippen molar-refractivity contribution in [2.24, 2.45) is 5.92 Å². The normalized spacial score (nSPS) is 20.1. The van der Waals surface area contributed by atoms with Crippen LogP contribution in [-0.2, 0) is 4.79 Å². The number of piperidine rings is 1. The maximum absolute atomic E-state index is 10.3. The molecule has 0 aliphatic carbocycles. The third-order valence-corrected chi connectivity index (χ3v) is 2.30. The lowest BCUT2D eigenvalue weighted by atomic mass is 9.94. The van der Waals surface area contributed by atoms with Crippen molar-refractivity contribution >= 4 is 5.97 Å². The van der Waals surface area contributed by atoms with Gasteiger partial charge in [-0.15, -0.1) is 0 Å². The lowest BCUT2D eigenvalue weighted by Gasteiger charge is -2.27. The van der Waals surface area contributed by atoms with Crippen LogP contribution in [0.1, 0.15) is 26.7 Å². The molecule has 0 atom stereocenters. The van der Waals surface area contributed by atoms with Crippen molar-refractivity contribution in [3.63, 3.8) is 0 Å². The van der Waals surface area contributed by atoms with Gasteiger partial charge in [0, 0.05) is 6.42 Å². The summed E-state index contributed by atoms with van der Waals surface area (Å²) in [6.45, 7) is 2.11. The lowest BCUT2D eigenvalue weighted by Crippen LogP contribution is -2.31. The molecule has 0 bridgehead atoms. The SMILES string of the molecule is C.CN1CCC(CC(=O)O)CC1. The Bertz CT molecular complexity index is 139. The van der Waals surface area contributed by atoms with Crippen molar-refractivity contribution in [1.29, 1.82) is 0 Å². The van der Waals surface area contributed by atoms with Crippen molar-refractivity contribution in [2.45, 2.75) is 26.7 Å². The van der Waals surface area contributed by atoms with Gasteiger partial charge in [-0.1, -0.05) is 7.43 Å². The van der Waals surface area contributed by atoms with Crippen LogP contribution in [0.3, 0.4) is 0 Å². The molecule has 0 aromatic carbocycles. The standard InChI is InChI=1S/C8H15NO2.CH4/c1-9-4-2-7(3-5-9)6-8(10)11;/h7H,2-6H2,1H3,(H,10,11);1H4. The minimum Gasteiger partial charge on any atom is -0.481 e. The number of hydrogen-bond donors (Lipinski definition) is 1. The molecule has 12 heavy (non-hydrogen) atoms. The number of hydrogen-bond acceptors (Lipinski definition) is 2. The van der Waals surface area contributed by atoms with Crippen molar-refractivity contribution in [2.75, 3.05) is 20.1 Å². The first-order valence-electron chi connectivity index (χ1n) is 4.09. The molecule has 0 aromatic heterocycles. The van der Waals surface area contributed by atoms with Crippen molar-refractivity contribution in [3.8, 4) is 0 Å². The van der Waals surface area contributed by atoms with Crippen LogP contribution in [0, 0.1) is 5.92 Å². The first-order valence-corrected chi connectivity index (χ1v) is 4.09. The van der Waals surface area contributed by atoms with Gasteiger partial charge in [-0.2, -0.15) is 0 Å². The molecule has 1 fully saturated rings. The van der Waals surface area contributed by atoms with Gasteiger partial charge in [0.15, 0.2) is 0 Å². The Morgan fingerprint density at radius 3 is 2.42 bits per heavy atom. The van der Waals surface area contributed by atoms with E-state index >= 15 is 0 Å². The third kappa shape index (κ3) is 3.72. The van der Waals surface area contributed by atoms with E-state index in [9.17, 15) is 4.79 Å². The summed E-state index contributed by atoms with van der Waals surface area (Å²) >= 11 is 0. The van der Waals surface area contributed by atoms with E-state index in [4.69, 9.17) is 5.11 Å². The number of aliphatic carboxylic acids is 1. The highest BCUT2D eigenvalue weighted by Crippen LogP contribution is 2.18. The molecular weight excluding hydrogens is 154 g/mol. The van der Waals surface area contributed by atoms with Gasteiger partial charge in [-0.3, -0.25) is 4.79 Å². The van der Waals surface area contributed by atoms with Crippen LogP contribution in [0.2, 0.25) is 0 Å². The van der Waals surface area contributed by atoms with E-state index in [-0.39, 0.29) is 7.43 Å². The molecular formula is C9H19NO2. The van der Waals surface area contributed by atoms with E-state index < -0.39 is 5.97 Å². The lowest BCUT2D eigenvalue weighted by molar-refractivity contribution is -0.138. The van der Waals surface area contributed by atoms with Crippen LogP contribution < -0.4 is 0 Å². The van der Waals surface area contributed by atoms with Gasteiger partial charge >= 0.3 is 5.97 Å². The molecule has 1 saturated heterocycles. The number of carboxylic acid groups (broad SMARTS) is 1. The maximum atomic E-state index is 10.3. The number of nitrogens with zero attached hydrogens (tertiary/aromatic N) is 1. The predicted molar refractivity (Wildman–Crippen MR) is 49.2 cm³/mol. The zero-order valence-electron chi connectivity index (χ0n) is 6.92. The Morgan fingerprint density at radius 2 is 2.00 bits per heavy atom. The van der Waals surface area contributed by atoms with Crippen LogP contribution in [0.5, 0.6) is 0 Å². The zero-order chi connectivity index (χ0) is 8.27. The summed E-state index contributed by atoms with van der Waals surface area (Å²) in [5.41, 5.74) is 0. The molecule has 0 saturated carbocycles. The molecule has 72 valence electrons. The highest BCUT2D eigenvalue weighted by Gasteiger charge is 2.18. The number of rotatable bonds is 2. The molecule has 0 spiro atoms. The van der Waals surface area contributed by atoms with Gasteiger partial charge in [0.1, 0.15) is 0 Å². The summed E-state index contributed by atoms with van der Waals surface area (Å²) in [5, 5.41) is 8.52. The molecule has 1 aliphatic rings. The second kappa shape index (κ2) is 5.14. The molecule has 1 N–H and O–H groups in total. The van der Waals surface area contributed by atoms with Crippen LogP contribution in [0.4, 0.5) is 0 Å². The number of likely N-dealkylation sites (tertiary alicyclic amines) is 1. The molecule has 1 aliphatic heterocycles. The monoisotopic (exact) mass is 173 g/mol. The van der Waals surface area contributed by atoms with E-state index in [1.807, 2.05) is 0 Å². The number of carboxylic acids is 1. The molecule has 0 radical (unpaired) electrons. The van der Waals surface area contributed by atoms with E-state index in [0.717, 1.165) is 25.9 Å². The minimum atomic E-state index is -0.653. The summed E-state index contributed by atoms with van der Waals surface area (Å²) < 4.78 is 0. The second-order valence-corrected chi connectivity index (χ2v) is 3.34. The molecule has 1 heterocycles. The fourth-order valence-corrected chi connectivity index (χ4v) is 1.51. The van der Waals surface area contributed by atoms with Crippen molar-refractivity contribution < 1.29 is 9.90 Å². The summed E-state index contributed by atoms with van der Waals surface area (Å²) in [5.74, 6) is -0.233. The van der Waals surface area contributed by atoms with Gasteiger partial charge in [0.25, 0.3) is 0 Å². The van der Waals surface area contributed by atoms with Crippen molar-refractivity contribution in [3.05, 3.63) is 0 Å². The van der Waals surface area contributed by atoms with E-state index in [2.05, 4.69) is 11.9 Å². The highest BCUT2D eigenvalue weighted by molar-refractivity contribution is 5.67. The molecule has 0 aromatic rings. The Morgan fingerprint density at radius 1 is 1.50 bits per heavy atom. The summed E-state index contributed by atoms with van der Waals surface area (Å²) in [7, 11) is 2.08. The number of carbonyl (C=O) groups is 1. The highest BCUT2D eigenvalue weighted by atomic mass is 16.4. The van der Waals surface area contributed by atoms with Crippen molar-refractivity contribution in [1.82, 2.24) is 4.90 Å².